The van der Waals surface area contributed by atoms with Gasteiger partial charge in [0.25, 0.3) is 11.7 Å². The fraction of sp³-hybridized carbons (Fsp3) is 0.474. The number of allylic oxidation sites excluding steroid dienone is 2. The lowest BCUT2D eigenvalue weighted by Gasteiger charge is -2.38. The Hall–Kier alpha value is -4.92. The lowest BCUT2D eigenvalue weighted by atomic mass is 9.78. The molecule has 14 nitrogen and oxygen atoms in total. The second-order valence-electron chi connectivity index (χ2n) is 13.7. The monoisotopic (exact) mass is 725 g/mol. The van der Waals surface area contributed by atoms with Crippen molar-refractivity contribution in [3.63, 3.8) is 0 Å². The molecular weight excluding hydrogens is 678 g/mol. The van der Waals surface area contributed by atoms with Gasteiger partial charge in [0.1, 0.15) is 23.4 Å². The Balaban J connectivity index is 1.93. The fourth-order valence-electron chi connectivity index (χ4n) is 6.86. The molecule has 0 radical (unpaired) electrons. The van der Waals surface area contributed by atoms with Crippen LogP contribution >= 0.6 is 0 Å². The van der Waals surface area contributed by atoms with Crippen molar-refractivity contribution in [3.05, 3.63) is 52.8 Å². The number of hydrogen-bond donors (Lipinski definition) is 6. The number of esters is 1. The Bertz CT molecular complexity index is 1860. The largest absolute Gasteiger partial charge is 0.507 e. The number of hydrogen-bond acceptors (Lipinski definition) is 13. The van der Waals surface area contributed by atoms with E-state index in [1.54, 1.807) is 33.8 Å². The minimum absolute atomic E-state index is 0.00425. The van der Waals surface area contributed by atoms with Crippen LogP contribution < -0.4 is 10.1 Å². The number of ketones is 1. The summed E-state index contributed by atoms with van der Waals surface area (Å²) in [6.45, 7) is 12.2. The molecule has 0 unspecified atom stereocenters. The van der Waals surface area contributed by atoms with E-state index in [9.17, 15) is 44.7 Å². The van der Waals surface area contributed by atoms with Crippen molar-refractivity contribution in [1.82, 2.24) is 0 Å². The fourth-order valence-corrected chi connectivity index (χ4v) is 6.86. The van der Waals surface area contributed by atoms with Crippen LogP contribution in [-0.2, 0) is 23.8 Å². The molecule has 0 aliphatic carbocycles. The van der Waals surface area contributed by atoms with Crippen LogP contribution in [0.15, 0.2) is 36.1 Å². The number of benzene rings is 2. The number of ether oxygens (including phenoxy) is 4. The Morgan fingerprint density at radius 3 is 2.19 bits per heavy atom. The van der Waals surface area contributed by atoms with E-state index in [-0.39, 0.29) is 28.7 Å². The molecule has 282 valence electrons. The first kappa shape index (κ1) is 39.9. The van der Waals surface area contributed by atoms with E-state index in [1.165, 1.54) is 53.0 Å². The summed E-state index contributed by atoms with van der Waals surface area (Å²) in [5, 5.41) is 58.2. The van der Waals surface area contributed by atoms with Crippen molar-refractivity contribution < 1.29 is 63.7 Å². The van der Waals surface area contributed by atoms with Crippen LogP contribution in [0.1, 0.15) is 74.7 Å². The molecule has 3 heterocycles. The summed E-state index contributed by atoms with van der Waals surface area (Å²) >= 11 is 0. The first-order valence-electron chi connectivity index (χ1n) is 16.9. The highest BCUT2D eigenvalue weighted by Crippen LogP contribution is 2.55. The molecule has 2 aromatic rings. The summed E-state index contributed by atoms with van der Waals surface area (Å²) in [5.74, 6) is -9.19. The minimum atomic E-state index is -2.08. The lowest BCUT2D eigenvalue weighted by molar-refractivity contribution is -0.160. The molecule has 1 amide bonds. The first-order valence-corrected chi connectivity index (χ1v) is 16.9. The van der Waals surface area contributed by atoms with Gasteiger partial charge in [0.05, 0.1) is 46.8 Å². The maximum absolute atomic E-state index is 14.0. The number of phenols is 3. The second-order valence-corrected chi connectivity index (χ2v) is 13.7. The molecular formula is C38H47NO13. The van der Waals surface area contributed by atoms with Crippen molar-refractivity contribution in [1.29, 1.82) is 0 Å². The zero-order chi connectivity index (χ0) is 39.0. The van der Waals surface area contributed by atoms with Crippen molar-refractivity contribution >= 4 is 40.4 Å². The zero-order valence-corrected chi connectivity index (χ0v) is 30.6. The van der Waals surface area contributed by atoms with Gasteiger partial charge in [0.15, 0.2) is 12.0 Å². The van der Waals surface area contributed by atoms with Crippen LogP contribution in [0.5, 0.6) is 23.0 Å². The number of aldehydes is 1. The van der Waals surface area contributed by atoms with Crippen LogP contribution in [0, 0.1) is 30.6 Å². The zero-order valence-electron chi connectivity index (χ0n) is 30.6. The van der Waals surface area contributed by atoms with Crippen LogP contribution in [0.3, 0.4) is 0 Å². The van der Waals surface area contributed by atoms with Crippen LogP contribution in [0.4, 0.5) is 5.69 Å². The summed E-state index contributed by atoms with van der Waals surface area (Å²) in [7, 11) is 1.41. The van der Waals surface area contributed by atoms with E-state index in [4.69, 9.17) is 18.9 Å². The standard InChI is InChI=1S/C38H47NO13/c1-16-11-10-12-17(2)37(48)39-28-23(15-40)32(45)25-26(33(28)46)31(44)21(6)35-27(25)36(47)38(8,52-35)50-14-13-24(49-9)18(3)34(51-22(7)41)20(5)30(43)19(4)29(16)42/h10-16,18-20,24,29-30,34,42-46H,1-9H3,(H,39,48)/b11-10+,14-13+,17-12-/t16-,18-,19-,20-,24+,29-,30-,34+,38-/m0/s1. The highest BCUT2D eigenvalue weighted by atomic mass is 16.7. The molecule has 3 aliphatic rings. The van der Waals surface area contributed by atoms with Crippen molar-refractivity contribution in [3.8, 4) is 23.0 Å². The maximum Gasteiger partial charge on any atom is 0.312 e. The summed E-state index contributed by atoms with van der Waals surface area (Å²) in [4.78, 5) is 51.8. The normalized spacial score (nSPS) is 32.3. The number of fused-ring (bicyclic) bond motifs is 14. The number of carbonyl (C=O) groups is 4. The summed E-state index contributed by atoms with van der Waals surface area (Å²) in [5.41, 5.74) is -1.27. The first-order chi connectivity index (χ1) is 24.3. The molecule has 3 aliphatic heterocycles. The Kier molecular flexibility index (Phi) is 11.8. The molecule has 0 fully saturated rings. The number of aliphatic hydroxyl groups excluding tert-OH is 2. The SMILES string of the molecule is CO[C@@H]1/C=C/O[C@@]2(C)Oc3c(C)c(O)c4c(O)c(c(C=O)c(O)c4c3C2=O)NC(=O)/C(C)=C\C=C\[C@H](C)[C@H](O)[C@H](C)[C@H](O)[C@H](C)[C@H](OC(C)=O)[C@H]1C. The molecule has 0 saturated heterocycles. The number of aromatic hydroxyl groups is 3. The van der Waals surface area contributed by atoms with E-state index in [2.05, 4.69) is 5.32 Å². The van der Waals surface area contributed by atoms with Gasteiger partial charge in [0.2, 0.25) is 0 Å². The Morgan fingerprint density at radius 2 is 1.60 bits per heavy atom. The molecule has 14 heteroatoms. The van der Waals surface area contributed by atoms with Crippen LogP contribution in [-0.4, -0.2) is 86.8 Å². The van der Waals surface area contributed by atoms with Crippen LogP contribution in [0.25, 0.3) is 10.8 Å². The van der Waals surface area contributed by atoms with E-state index in [0.717, 1.165) is 6.26 Å². The van der Waals surface area contributed by atoms with Gasteiger partial charge in [-0.25, -0.2) is 0 Å². The van der Waals surface area contributed by atoms with E-state index >= 15 is 0 Å². The lowest BCUT2D eigenvalue weighted by Crippen LogP contribution is -2.46. The number of amides is 1. The molecule has 0 saturated carbocycles. The smallest absolute Gasteiger partial charge is 0.312 e. The minimum Gasteiger partial charge on any atom is -0.507 e. The summed E-state index contributed by atoms with van der Waals surface area (Å²) < 4.78 is 23.1. The molecule has 6 N–H and O–H groups in total. The summed E-state index contributed by atoms with van der Waals surface area (Å²) in [6.07, 6.45) is 3.41. The van der Waals surface area contributed by atoms with E-state index < -0.39 is 111 Å². The van der Waals surface area contributed by atoms with Gasteiger partial charge in [-0.2, -0.15) is 0 Å². The van der Waals surface area contributed by atoms with Gasteiger partial charge in [-0.15, -0.1) is 0 Å². The number of rotatable bonds is 3. The predicted molar refractivity (Wildman–Crippen MR) is 189 cm³/mol. The Morgan fingerprint density at radius 1 is 0.942 bits per heavy atom. The average molecular weight is 726 g/mol. The third-order valence-electron chi connectivity index (χ3n) is 10.2. The number of anilines is 1. The highest BCUT2D eigenvalue weighted by molar-refractivity contribution is 6.23. The van der Waals surface area contributed by atoms with Gasteiger partial charge >= 0.3 is 11.8 Å². The molecule has 5 bridgehead atoms. The predicted octanol–water partition coefficient (Wildman–Crippen LogP) is 4.57. The van der Waals surface area contributed by atoms with E-state index in [0.29, 0.717) is 0 Å². The molecule has 0 spiro atoms. The topological polar surface area (TPSA) is 218 Å². The average Bonchev–Trinajstić information content (AvgIpc) is 3.36. The number of Topliss-reactive ketones (excluding diaryl/α,β-unsaturated/α-hetero) is 1. The second kappa shape index (κ2) is 15.4. The molecule has 5 rings (SSSR count). The molecule has 9 atom stereocenters. The third kappa shape index (κ3) is 7.10. The van der Waals surface area contributed by atoms with Crippen molar-refractivity contribution in [2.24, 2.45) is 23.7 Å². The van der Waals surface area contributed by atoms with Crippen molar-refractivity contribution in [2.45, 2.75) is 85.6 Å². The third-order valence-corrected chi connectivity index (χ3v) is 10.2. The number of nitrogens with one attached hydrogen (secondary N) is 1. The quantitative estimate of drug-likeness (QED) is 0.111. The molecule has 52 heavy (non-hydrogen) atoms. The highest BCUT2D eigenvalue weighted by Gasteiger charge is 2.50. The number of methoxy groups -OCH3 is 1. The van der Waals surface area contributed by atoms with Gasteiger partial charge in [-0.3, -0.25) is 19.2 Å². The number of phenolic OH excluding ortho intramolecular Hbond substituents is 3. The number of carbonyl (C=O) groups excluding carboxylic acids is 4. The Labute approximate surface area is 301 Å². The van der Waals surface area contributed by atoms with Crippen LogP contribution in [0.2, 0.25) is 0 Å². The van der Waals surface area contributed by atoms with Crippen molar-refractivity contribution in [2.75, 3.05) is 12.4 Å². The number of aliphatic hydroxyl groups is 2. The molecule has 2 aromatic carbocycles. The van der Waals surface area contributed by atoms with E-state index in [1.807, 2.05) is 0 Å². The van der Waals surface area contributed by atoms with Gasteiger partial charge in [-0.1, -0.05) is 45.9 Å². The maximum atomic E-state index is 14.0. The van der Waals surface area contributed by atoms with Gasteiger partial charge < -0.3 is 49.8 Å². The molecule has 0 aromatic heterocycles. The van der Waals surface area contributed by atoms with Gasteiger partial charge in [0, 0.05) is 61.2 Å². The summed E-state index contributed by atoms with van der Waals surface area (Å²) in [6, 6.07) is 0. The van der Waals surface area contributed by atoms with Gasteiger partial charge in [-0.05, 0) is 19.9 Å².